The van der Waals surface area contributed by atoms with Crippen molar-refractivity contribution in [3.63, 3.8) is 0 Å². The fourth-order valence-corrected chi connectivity index (χ4v) is 6.31. The highest BCUT2D eigenvalue weighted by Crippen LogP contribution is 2.23. The molecule has 0 radical (unpaired) electrons. The molecule has 1 atom stereocenters. The number of sulfonamides is 1. The van der Waals surface area contributed by atoms with Crippen LogP contribution in [0.1, 0.15) is 12.0 Å². The minimum absolute atomic E-state index is 0.0543. The summed E-state index contributed by atoms with van der Waals surface area (Å²) in [6, 6.07) is 6.15. The Balaban J connectivity index is 2.23. The van der Waals surface area contributed by atoms with Gasteiger partial charge in [0.2, 0.25) is 10.0 Å². The van der Waals surface area contributed by atoms with Gasteiger partial charge in [0.05, 0.1) is 28.9 Å². The second-order valence-corrected chi connectivity index (χ2v) is 9.09. The third-order valence-electron chi connectivity index (χ3n) is 3.24. The number of hydrogen-bond donors (Lipinski definition) is 2. The van der Waals surface area contributed by atoms with Crippen LogP contribution in [0.2, 0.25) is 0 Å². The largest absolute Gasteiger partial charge is 0.481 e. The maximum Gasteiger partial charge on any atom is 0.307 e. The van der Waals surface area contributed by atoms with E-state index in [1.54, 1.807) is 12.1 Å². The highest BCUT2D eigenvalue weighted by atomic mass is 32.2. The summed E-state index contributed by atoms with van der Waals surface area (Å²) < 4.78 is 49.5. The number of aliphatic carboxylic acids is 1. The third-order valence-corrected chi connectivity index (χ3v) is 7.00. The van der Waals surface area contributed by atoms with Crippen molar-refractivity contribution in [3.05, 3.63) is 29.8 Å². The molecule has 1 unspecified atom stereocenters. The molecule has 0 aliphatic carbocycles. The van der Waals surface area contributed by atoms with Crippen molar-refractivity contribution in [2.45, 2.75) is 18.1 Å². The summed E-state index contributed by atoms with van der Waals surface area (Å²) in [5.41, 5.74) is 0.499. The van der Waals surface area contributed by atoms with E-state index in [0.29, 0.717) is 5.56 Å². The number of carbonyl (C=O) groups is 1. The van der Waals surface area contributed by atoms with E-state index in [1.165, 1.54) is 12.1 Å². The molecule has 0 bridgehead atoms. The molecule has 1 aliphatic heterocycles. The van der Waals surface area contributed by atoms with Crippen LogP contribution in [0.5, 0.6) is 0 Å². The molecule has 1 aromatic rings. The van der Waals surface area contributed by atoms with Gasteiger partial charge in [0.15, 0.2) is 9.84 Å². The average molecular weight is 333 g/mol. The average Bonchev–Trinajstić information content (AvgIpc) is 2.72. The van der Waals surface area contributed by atoms with E-state index in [-0.39, 0.29) is 24.3 Å². The van der Waals surface area contributed by atoms with E-state index in [2.05, 4.69) is 4.72 Å². The smallest absolute Gasteiger partial charge is 0.307 e. The molecule has 0 amide bonds. The zero-order valence-corrected chi connectivity index (χ0v) is 12.7. The third kappa shape index (κ3) is 3.94. The normalized spacial score (nSPS) is 21.0. The molecule has 0 saturated carbocycles. The summed E-state index contributed by atoms with van der Waals surface area (Å²) >= 11 is 0. The first kappa shape index (κ1) is 15.8. The van der Waals surface area contributed by atoms with Crippen LogP contribution in [0.4, 0.5) is 5.69 Å². The maximum absolute atomic E-state index is 12.2. The summed E-state index contributed by atoms with van der Waals surface area (Å²) in [5.74, 6) is -1.62. The van der Waals surface area contributed by atoms with Crippen molar-refractivity contribution in [1.29, 1.82) is 0 Å². The summed E-state index contributed by atoms with van der Waals surface area (Å²) in [5, 5.41) is 7.81. The van der Waals surface area contributed by atoms with Crippen LogP contribution in [0.25, 0.3) is 0 Å². The van der Waals surface area contributed by atoms with Crippen LogP contribution in [-0.2, 0) is 31.1 Å². The summed E-state index contributed by atoms with van der Waals surface area (Å²) in [4.78, 5) is 10.8. The van der Waals surface area contributed by atoms with E-state index >= 15 is 0 Å². The van der Waals surface area contributed by atoms with Crippen molar-refractivity contribution >= 4 is 31.5 Å². The lowest BCUT2D eigenvalue weighted by Crippen LogP contribution is -2.29. The van der Waals surface area contributed by atoms with Gasteiger partial charge < -0.3 is 5.11 Å². The van der Waals surface area contributed by atoms with Crippen LogP contribution in [0, 0.1) is 0 Å². The molecular formula is C12H15NO6S2. The molecule has 21 heavy (non-hydrogen) atoms. The second kappa shape index (κ2) is 5.64. The van der Waals surface area contributed by atoms with Gasteiger partial charge in [-0.2, -0.15) is 0 Å². The van der Waals surface area contributed by atoms with Crippen LogP contribution < -0.4 is 4.72 Å². The predicted molar refractivity (Wildman–Crippen MR) is 77.4 cm³/mol. The first-order valence-electron chi connectivity index (χ1n) is 6.21. The van der Waals surface area contributed by atoms with Gasteiger partial charge >= 0.3 is 5.97 Å². The number of hydrogen-bond acceptors (Lipinski definition) is 5. The van der Waals surface area contributed by atoms with Crippen molar-refractivity contribution in [1.82, 2.24) is 0 Å². The molecule has 1 saturated heterocycles. The molecular weight excluding hydrogens is 318 g/mol. The monoisotopic (exact) mass is 333 g/mol. The summed E-state index contributed by atoms with van der Waals surface area (Å²) in [6.45, 7) is 0. The zero-order chi connectivity index (χ0) is 15.7. The van der Waals surface area contributed by atoms with Gasteiger partial charge in [-0.3, -0.25) is 9.52 Å². The molecule has 1 fully saturated rings. The Kier molecular flexibility index (Phi) is 4.24. The Labute approximate surface area is 123 Å². The lowest BCUT2D eigenvalue weighted by molar-refractivity contribution is -0.136. The summed E-state index contributed by atoms with van der Waals surface area (Å²) in [6.07, 6.45) is -0.263. The molecule has 0 spiro atoms. The van der Waals surface area contributed by atoms with Crippen molar-refractivity contribution < 1.29 is 26.7 Å². The lowest BCUT2D eigenvalue weighted by Gasteiger charge is -2.15. The number of nitrogens with one attached hydrogen (secondary N) is 1. The molecule has 9 heteroatoms. The van der Waals surface area contributed by atoms with Crippen molar-refractivity contribution in [2.75, 3.05) is 16.2 Å². The van der Waals surface area contributed by atoms with E-state index in [4.69, 9.17) is 5.11 Å². The molecule has 1 aromatic carbocycles. The van der Waals surface area contributed by atoms with Crippen molar-refractivity contribution in [2.24, 2.45) is 0 Å². The predicted octanol–water partition coefficient (Wildman–Crippen LogP) is 0.242. The number of anilines is 1. The van der Waals surface area contributed by atoms with Gasteiger partial charge in [0, 0.05) is 0 Å². The Morgan fingerprint density at radius 3 is 2.57 bits per heavy atom. The van der Waals surface area contributed by atoms with Crippen LogP contribution in [0.15, 0.2) is 24.3 Å². The standard InChI is InChI=1S/C12H15NO6S2/c14-12(15)7-9-3-1-2-4-11(9)13-21(18,19)10-5-6-20(16,17)8-10/h1-4,10,13H,5-8H2,(H,14,15). The van der Waals surface area contributed by atoms with E-state index in [0.717, 1.165) is 0 Å². The van der Waals surface area contributed by atoms with E-state index in [1.807, 2.05) is 0 Å². The van der Waals surface area contributed by atoms with Gasteiger partial charge in [-0.25, -0.2) is 16.8 Å². The zero-order valence-electron chi connectivity index (χ0n) is 11.0. The van der Waals surface area contributed by atoms with Gasteiger partial charge in [0.25, 0.3) is 0 Å². The fourth-order valence-electron chi connectivity index (χ4n) is 2.18. The Hall–Kier alpha value is -1.61. The van der Waals surface area contributed by atoms with E-state index < -0.39 is 36.8 Å². The van der Waals surface area contributed by atoms with Crippen LogP contribution >= 0.6 is 0 Å². The number of sulfone groups is 1. The SMILES string of the molecule is O=C(O)Cc1ccccc1NS(=O)(=O)C1CCS(=O)(=O)C1. The molecule has 2 rings (SSSR count). The maximum atomic E-state index is 12.2. The first-order chi connectivity index (χ1) is 9.70. The van der Waals surface area contributed by atoms with Gasteiger partial charge in [-0.15, -0.1) is 0 Å². The Morgan fingerprint density at radius 1 is 1.33 bits per heavy atom. The molecule has 1 aliphatic rings. The molecule has 0 aromatic heterocycles. The van der Waals surface area contributed by atoms with Crippen LogP contribution in [0.3, 0.4) is 0 Å². The van der Waals surface area contributed by atoms with Gasteiger partial charge in [0.1, 0.15) is 0 Å². The lowest BCUT2D eigenvalue weighted by atomic mass is 10.1. The number of benzene rings is 1. The number of para-hydroxylation sites is 1. The quantitative estimate of drug-likeness (QED) is 0.797. The molecule has 1 heterocycles. The number of rotatable bonds is 5. The molecule has 116 valence electrons. The number of carboxylic acids is 1. The fraction of sp³-hybridized carbons (Fsp3) is 0.417. The topological polar surface area (TPSA) is 118 Å². The minimum Gasteiger partial charge on any atom is -0.481 e. The minimum atomic E-state index is -3.86. The summed E-state index contributed by atoms with van der Waals surface area (Å²) in [7, 11) is -7.18. The second-order valence-electron chi connectivity index (χ2n) is 4.90. The van der Waals surface area contributed by atoms with E-state index in [9.17, 15) is 21.6 Å². The number of carboxylic acid groups (broad SMARTS) is 1. The highest BCUT2D eigenvalue weighted by molar-refractivity contribution is 7.97. The first-order valence-corrected chi connectivity index (χ1v) is 9.58. The van der Waals surface area contributed by atoms with Gasteiger partial charge in [-0.1, -0.05) is 18.2 Å². The Morgan fingerprint density at radius 2 is 2.00 bits per heavy atom. The molecule has 2 N–H and O–H groups in total. The highest BCUT2D eigenvalue weighted by Gasteiger charge is 2.37. The van der Waals surface area contributed by atoms with Gasteiger partial charge in [-0.05, 0) is 18.1 Å². The van der Waals surface area contributed by atoms with Crippen molar-refractivity contribution in [3.8, 4) is 0 Å². The Bertz CT molecular complexity index is 754. The van der Waals surface area contributed by atoms with Crippen LogP contribution in [-0.4, -0.2) is 44.7 Å². The molecule has 7 nitrogen and oxygen atoms in total.